The van der Waals surface area contributed by atoms with Crippen molar-refractivity contribution in [2.45, 2.75) is 71.4 Å². The molecule has 1 aromatic rings. The fraction of sp³-hybridized carbons (Fsp3) is 0.684. The number of rotatable bonds is 4. The maximum absolute atomic E-state index is 6.38. The van der Waals surface area contributed by atoms with Crippen molar-refractivity contribution in [1.29, 1.82) is 0 Å². The molecule has 1 aromatic carbocycles. The summed E-state index contributed by atoms with van der Waals surface area (Å²) >= 11 is 0. The lowest BCUT2D eigenvalue weighted by Crippen LogP contribution is -2.46. The second-order valence-corrected chi connectivity index (χ2v) is 7.36. The van der Waals surface area contributed by atoms with Crippen molar-refractivity contribution in [2.24, 2.45) is 5.41 Å². The van der Waals surface area contributed by atoms with Gasteiger partial charge in [-0.05, 0) is 73.7 Å². The van der Waals surface area contributed by atoms with Crippen molar-refractivity contribution in [3.8, 4) is 5.75 Å². The van der Waals surface area contributed by atoms with Crippen molar-refractivity contribution >= 4 is 0 Å². The van der Waals surface area contributed by atoms with Crippen LogP contribution < -0.4 is 10.1 Å². The standard InChI is InChI=1S/C19H29NO/c1-4-20-18-17(11-12-19(18,2)3)21-16-10-9-14-7-5-6-8-15(14)13-16/h9-10,13,17-18,20H,4-8,11-12H2,1-3H3. The van der Waals surface area contributed by atoms with Gasteiger partial charge >= 0.3 is 0 Å². The summed E-state index contributed by atoms with van der Waals surface area (Å²) in [5, 5.41) is 3.64. The molecule has 2 heteroatoms. The molecule has 0 radical (unpaired) electrons. The third-order valence-electron chi connectivity index (χ3n) is 5.32. The molecule has 0 spiro atoms. The summed E-state index contributed by atoms with van der Waals surface area (Å²) in [6.45, 7) is 7.91. The van der Waals surface area contributed by atoms with Crippen molar-refractivity contribution in [3.63, 3.8) is 0 Å². The molecular formula is C19H29NO. The largest absolute Gasteiger partial charge is 0.489 e. The first kappa shape index (κ1) is 14.9. The number of likely N-dealkylation sites (N-methyl/N-ethyl adjacent to an activating group) is 1. The van der Waals surface area contributed by atoms with E-state index in [1.807, 2.05) is 0 Å². The van der Waals surface area contributed by atoms with Crippen LogP contribution in [0.1, 0.15) is 57.6 Å². The van der Waals surface area contributed by atoms with Crippen LogP contribution in [-0.2, 0) is 12.8 Å². The second-order valence-electron chi connectivity index (χ2n) is 7.36. The molecule has 2 aliphatic carbocycles. The van der Waals surface area contributed by atoms with Crippen LogP contribution in [0.3, 0.4) is 0 Å². The zero-order chi connectivity index (χ0) is 14.9. The van der Waals surface area contributed by atoms with Crippen LogP contribution >= 0.6 is 0 Å². The SMILES string of the molecule is CCNC1C(Oc2ccc3c(c2)CCCC3)CCC1(C)C. The van der Waals surface area contributed by atoms with Crippen LogP contribution in [0.5, 0.6) is 5.75 Å². The van der Waals surface area contributed by atoms with Gasteiger partial charge in [0.25, 0.3) is 0 Å². The second kappa shape index (κ2) is 6.00. The number of ether oxygens (including phenoxy) is 1. The highest BCUT2D eigenvalue weighted by Crippen LogP contribution is 2.39. The molecule has 0 amide bonds. The molecule has 2 nitrogen and oxygen atoms in total. The average Bonchev–Trinajstić information content (AvgIpc) is 2.75. The molecule has 0 aromatic heterocycles. The number of benzene rings is 1. The maximum atomic E-state index is 6.38. The molecule has 0 saturated heterocycles. The summed E-state index contributed by atoms with van der Waals surface area (Å²) < 4.78 is 6.38. The Hall–Kier alpha value is -1.02. The zero-order valence-corrected chi connectivity index (χ0v) is 13.7. The first-order chi connectivity index (χ1) is 10.1. The molecule has 2 aliphatic rings. The van der Waals surface area contributed by atoms with E-state index < -0.39 is 0 Å². The van der Waals surface area contributed by atoms with Gasteiger partial charge in [-0.25, -0.2) is 0 Å². The minimum Gasteiger partial charge on any atom is -0.489 e. The van der Waals surface area contributed by atoms with Gasteiger partial charge in [0.15, 0.2) is 0 Å². The minimum atomic E-state index is 0.307. The van der Waals surface area contributed by atoms with Crippen molar-refractivity contribution < 1.29 is 4.74 Å². The predicted molar refractivity (Wildman–Crippen MR) is 88.0 cm³/mol. The Balaban J connectivity index is 1.74. The Morgan fingerprint density at radius 1 is 1.19 bits per heavy atom. The number of hydrogen-bond donors (Lipinski definition) is 1. The van der Waals surface area contributed by atoms with Crippen LogP contribution in [0.25, 0.3) is 0 Å². The smallest absolute Gasteiger partial charge is 0.120 e. The van der Waals surface area contributed by atoms with E-state index in [-0.39, 0.29) is 0 Å². The van der Waals surface area contributed by atoms with E-state index in [1.54, 1.807) is 0 Å². The van der Waals surface area contributed by atoms with E-state index in [0.717, 1.165) is 18.7 Å². The van der Waals surface area contributed by atoms with Gasteiger partial charge in [0, 0.05) is 6.04 Å². The van der Waals surface area contributed by atoms with Gasteiger partial charge in [0.1, 0.15) is 11.9 Å². The molecular weight excluding hydrogens is 258 g/mol. The van der Waals surface area contributed by atoms with Gasteiger partial charge in [-0.1, -0.05) is 26.8 Å². The van der Waals surface area contributed by atoms with E-state index in [4.69, 9.17) is 4.74 Å². The Bertz CT molecular complexity index is 494. The summed E-state index contributed by atoms with van der Waals surface area (Å²) in [5.41, 5.74) is 3.37. The van der Waals surface area contributed by atoms with Crippen LogP contribution in [0.15, 0.2) is 18.2 Å². The zero-order valence-electron chi connectivity index (χ0n) is 13.7. The topological polar surface area (TPSA) is 21.3 Å². The van der Waals surface area contributed by atoms with Gasteiger partial charge in [0.05, 0.1) is 0 Å². The summed E-state index contributed by atoms with van der Waals surface area (Å²) in [5.74, 6) is 1.07. The lowest BCUT2D eigenvalue weighted by atomic mass is 9.87. The first-order valence-corrected chi connectivity index (χ1v) is 8.62. The highest BCUT2D eigenvalue weighted by atomic mass is 16.5. The van der Waals surface area contributed by atoms with Gasteiger partial charge in [-0.15, -0.1) is 0 Å². The van der Waals surface area contributed by atoms with E-state index >= 15 is 0 Å². The van der Waals surface area contributed by atoms with E-state index in [0.29, 0.717) is 17.6 Å². The van der Waals surface area contributed by atoms with E-state index in [2.05, 4.69) is 44.3 Å². The monoisotopic (exact) mass is 287 g/mol. The lowest BCUT2D eigenvalue weighted by molar-refractivity contribution is 0.141. The van der Waals surface area contributed by atoms with Gasteiger partial charge < -0.3 is 10.1 Å². The molecule has 0 aliphatic heterocycles. The number of fused-ring (bicyclic) bond motifs is 1. The molecule has 1 fully saturated rings. The molecule has 2 unspecified atom stereocenters. The van der Waals surface area contributed by atoms with Crippen molar-refractivity contribution in [3.05, 3.63) is 29.3 Å². The van der Waals surface area contributed by atoms with Crippen LogP contribution in [0.4, 0.5) is 0 Å². The predicted octanol–water partition coefficient (Wildman–Crippen LogP) is 4.11. The fourth-order valence-electron chi connectivity index (χ4n) is 4.05. The van der Waals surface area contributed by atoms with Gasteiger partial charge in [-0.3, -0.25) is 0 Å². The normalized spacial score (nSPS) is 27.4. The Labute approximate surface area is 129 Å². The summed E-state index contributed by atoms with van der Waals surface area (Å²) in [4.78, 5) is 0. The third-order valence-corrected chi connectivity index (χ3v) is 5.32. The third kappa shape index (κ3) is 3.11. The summed E-state index contributed by atoms with van der Waals surface area (Å²) in [6.07, 6.45) is 7.83. The molecule has 1 saturated carbocycles. The molecule has 3 rings (SSSR count). The highest BCUT2D eigenvalue weighted by Gasteiger charge is 2.42. The quantitative estimate of drug-likeness (QED) is 0.900. The van der Waals surface area contributed by atoms with E-state index in [9.17, 15) is 0 Å². The van der Waals surface area contributed by atoms with Gasteiger partial charge in [-0.2, -0.15) is 0 Å². The number of hydrogen-bond acceptors (Lipinski definition) is 2. The number of nitrogens with one attached hydrogen (secondary N) is 1. The Kier molecular flexibility index (Phi) is 4.26. The first-order valence-electron chi connectivity index (χ1n) is 8.62. The van der Waals surface area contributed by atoms with Crippen LogP contribution in [0.2, 0.25) is 0 Å². The van der Waals surface area contributed by atoms with Crippen LogP contribution in [0, 0.1) is 5.41 Å². The Morgan fingerprint density at radius 3 is 2.71 bits per heavy atom. The molecule has 1 N–H and O–H groups in total. The molecule has 0 heterocycles. The van der Waals surface area contributed by atoms with Crippen LogP contribution in [-0.4, -0.2) is 18.7 Å². The molecule has 2 atom stereocenters. The summed E-state index contributed by atoms with van der Waals surface area (Å²) in [6, 6.07) is 7.21. The van der Waals surface area contributed by atoms with Crippen molar-refractivity contribution in [2.75, 3.05) is 6.54 Å². The molecule has 21 heavy (non-hydrogen) atoms. The molecule has 0 bridgehead atoms. The maximum Gasteiger partial charge on any atom is 0.120 e. The summed E-state index contributed by atoms with van der Waals surface area (Å²) in [7, 11) is 0. The van der Waals surface area contributed by atoms with Crippen molar-refractivity contribution in [1.82, 2.24) is 5.32 Å². The highest BCUT2D eigenvalue weighted by molar-refractivity contribution is 5.37. The molecule has 116 valence electrons. The minimum absolute atomic E-state index is 0.307. The fourth-order valence-corrected chi connectivity index (χ4v) is 4.05. The number of aryl methyl sites for hydroxylation is 2. The van der Waals surface area contributed by atoms with Gasteiger partial charge in [0.2, 0.25) is 0 Å². The average molecular weight is 287 g/mol. The lowest BCUT2D eigenvalue weighted by Gasteiger charge is -2.31. The Morgan fingerprint density at radius 2 is 1.95 bits per heavy atom. The van der Waals surface area contributed by atoms with E-state index in [1.165, 1.54) is 43.2 Å².